The molecule has 17 heavy (non-hydrogen) atoms. The molecule has 0 aliphatic rings. The maximum atomic E-state index is 11.0. The van der Waals surface area contributed by atoms with Gasteiger partial charge in [0.05, 0.1) is 11.3 Å². The summed E-state index contributed by atoms with van der Waals surface area (Å²) in [5.74, 6) is 7.68. The van der Waals surface area contributed by atoms with Crippen molar-refractivity contribution in [3.05, 3.63) is 35.1 Å². The number of hydrogen-bond donors (Lipinski definition) is 0. The number of furan rings is 1. The van der Waals surface area contributed by atoms with Crippen molar-refractivity contribution in [2.75, 3.05) is 12.0 Å². The molecule has 1 aromatic carbocycles. The first-order valence-electron chi connectivity index (χ1n) is 5.22. The fourth-order valence-electron chi connectivity index (χ4n) is 1.68. The lowest BCUT2D eigenvalue weighted by molar-refractivity contribution is 0.112. The maximum Gasteiger partial charge on any atom is 0.153 e. The molecule has 0 unspecified atom stereocenters. The predicted octanol–water partition coefficient (Wildman–Crippen LogP) is 3.27. The summed E-state index contributed by atoms with van der Waals surface area (Å²) < 4.78 is 5.49. The Bertz CT molecular complexity index is 614. The molecule has 0 amide bonds. The van der Waals surface area contributed by atoms with Crippen molar-refractivity contribution in [2.24, 2.45) is 0 Å². The first-order valence-corrected chi connectivity index (χ1v) is 6.61. The highest BCUT2D eigenvalue weighted by molar-refractivity contribution is 7.98. The van der Waals surface area contributed by atoms with Gasteiger partial charge in [0.15, 0.2) is 6.29 Å². The molecule has 2 aromatic rings. The summed E-state index contributed by atoms with van der Waals surface area (Å²) in [7, 11) is 0. The third kappa shape index (κ3) is 2.54. The van der Waals surface area contributed by atoms with Crippen LogP contribution in [-0.2, 0) is 0 Å². The fourth-order valence-corrected chi connectivity index (χ4v) is 1.90. The number of carbonyl (C=O) groups excluding carboxylic acids is 1. The van der Waals surface area contributed by atoms with Crippen LogP contribution in [0, 0.1) is 18.8 Å². The van der Waals surface area contributed by atoms with Gasteiger partial charge in [0.1, 0.15) is 11.3 Å². The standard InChI is InChI=1S/C14H12O2S/c1-10-6-12-7-11(4-3-5-17-2)8-13(9-15)14(12)16-10/h6-9H,5H2,1-2H3. The molecule has 1 heterocycles. The van der Waals surface area contributed by atoms with Gasteiger partial charge in [-0.25, -0.2) is 0 Å². The van der Waals surface area contributed by atoms with E-state index in [1.807, 2.05) is 25.3 Å². The summed E-state index contributed by atoms with van der Waals surface area (Å²) in [5, 5.41) is 0.931. The average Bonchev–Trinajstić information content (AvgIpc) is 2.68. The lowest BCUT2D eigenvalue weighted by Crippen LogP contribution is -1.84. The molecule has 0 saturated heterocycles. The number of carbonyl (C=O) groups is 1. The number of benzene rings is 1. The van der Waals surface area contributed by atoms with Crippen molar-refractivity contribution >= 4 is 29.0 Å². The van der Waals surface area contributed by atoms with Gasteiger partial charge in [0.25, 0.3) is 0 Å². The topological polar surface area (TPSA) is 30.2 Å². The number of hydrogen-bond acceptors (Lipinski definition) is 3. The summed E-state index contributed by atoms with van der Waals surface area (Å²) in [5.41, 5.74) is 2.06. The number of rotatable bonds is 2. The molecule has 3 heteroatoms. The van der Waals surface area contributed by atoms with Gasteiger partial charge in [-0.05, 0) is 31.4 Å². The van der Waals surface area contributed by atoms with E-state index in [0.717, 1.165) is 28.7 Å². The molecule has 0 saturated carbocycles. The number of thioether (sulfide) groups is 1. The zero-order valence-corrected chi connectivity index (χ0v) is 10.6. The number of aldehydes is 1. The SMILES string of the molecule is CSCC#Cc1cc(C=O)c2oc(C)cc2c1. The van der Waals surface area contributed by atoms with Gasteiger partial charge in [0.2, 0.25) is 0 Å². The third-order valence-corrected chi connectivity index (χ3v) is 2.78. The van der Waals surface area contributed by atoms with E-state index in [2.05, 4.69) is 11.8 Å². The third-order valence-electron chi connectivity index (χ3n) is 2.34. The van der Waals surface area contributed by atoms with E-state index in [1.165, 1.54) is 0 Å². The molecular formula is C14H12O2S. The predicted molar refractivity (Wildman–Crippen MR) is 71.6 cm³/mol. The van der Waals surface area contributed by atoms with Gasteiger partial charge in [-0.3, -0.25) is 4.79 Å². The van der Waals surface area contributed by atoms with Crippen molar-refractivity contribution in [2.45, 2.75) is 6.92 Å². The van der Waals surface area contributed by atoms with Crippen LogP contribution in [0.5, 0.6) is 0 Å². The van der Waals surface area contributed by atoms with Crippen molar-refractivity contribution in [3.63, 3.8) is 0 Å². The first-order chi connectivity index (χ1) is 8.24. The van der Waals surface area contributed by atoms with Crippen LogP contribution < -0.4 is 0 Å². The highest BCUT2D eigenvalue weighted by atomic mass is 32.2. The Morgan fingerprint density at radius 2 is 2.24 bits per heavy atom. The van der Waals surface area contributed by atoms with Gasteiger partial charge in [-0.2, -0.15) is 11.8 Å². The smallest absolute Gasteiger partial charge is 0.153 e. The van der Waals surface area contributed by atoms with E-state index in [4.69, 9.17) is 4.42 Å². The number of aryl methyl sites for hydroxylation is 1. The van der Waals surface area contributed by atoms with E-state index in [-0.39, 0.29) is 0 Å². The molecule has 2 rings (SSSR count). The Morgan fingerprint density at radius 1 is 1.41 bits per heavy atom. The minimum Gasteiger partial charge on any atom is -0.461 e. The maximum absolute atomic E-state index is 11.0. The van der Waals surface area contributed by atoms with Gasteiger partial charge in [-0.15, -0.1) is 0 Å². The largest absolute Gasteiger partial charge is 0.461 e. The number of fused-ring (bicyclic) bond motifs is 1. The summed E-state index contributed by atoms with van der Waals surface area (Å²) in [4.78, 5) is 11.0. The Morgan fingerprint density at radius 3 is 2.94 bits per heavy atom. The Balaban J connectivity index is 2.53. The summed E-state index contributed by atoms with van der Waals surface area (Å²) in [6.45, 7) is 1.87. The van der Waals surface area contributed by atoms with Gasteiger partial charge in [0, 0.05) is 10.9 Å². The van der Waals surface area contributed by atoms with Crippen LogP contribution in [0.1, 0.15) is 21.7 Å². The highest BCUT2D eigenvalue weighted by Crippen LogP contribution is 2.23. The van der Waals surface area contributed by atoms with Gasteiger partial charge >= 0.3 is 0 Å². The summed E-state index contributed by atoms with van der Waals surface area (Å²) >= 11 is 1.68. The van der Waals surface area contributed by atoms with Gasteiger partial charge < -0.3 is 4.42 Å². The minimum atomic E-state index is 0.559. The second-order valence-corrected chi connectivity index (χ2v) is 4.56. The van der Waals surface area contributed by atoms with E-state index in [1.54, 1.807) is 17.8 Å². The average molecular weight is 244 g/mol. The molecular weight excluding hydrogens is 232 g/mol. The monoisotopic (exact) mass is 244 g/mol. The summed E-state index contributed by atoms with van der Waals surface area (Å²) in [6, 6.07) is 5.64. The molecule has 0 aliphatic heterocycles. The van der Waals surface area contributed by atoms with E-state index in [9.17, 15) is 4.79 Å². The first kappa shape index (κ1) is 11.8. The van der Waals surface area contributed by atoms with Crippen molar-refractivity contribution < 1.29 is 9.21 Å². The van der Waals surface area contributed by atoms with Crippen molar-refractivity contribution in [1.29, 1.82) is 0 Å². The molecule has 0 N–H and O–H groups in total. The quantitative estimate of drug-likeness (QED) is 0.600. The molecule has 0 spiro atoms. The molecule has 1 aromatic heterocycles. The Kier molecular flexibility index (Phi) is 3.55. The van der Waals surface area contributed by atoms with Crippen LogP contribution in [0.25, 0.3) is 11.0 Å². The zero-order valence-electron chi connectivity index (χ0n) is 9.74. The second kappa shape index (κ2) is 5.11. The normalized spacial score (nSPS) is 10.0. The lowest BCUT2D eigenvalue weighted by atomic mass is 10.1. The van der Waals surface area contributed by atoms with Crippen LogP contribution >= 0.6 is 11.8 Å². The van der Waals surface area contributed by atoms with Crippen molar-refractivity contribution in [1.82, 2.24) is 0 Å². The van der Waals surface area contributed by atoms with E-state index < -0.39 is 0 Å². The molecule has 0 bridgehead atoms. The van der Waals surface area contributed by atoms with E-state index >= 15 is 0 Å². The Labute approximate surface area is 104 Å². The highest BCUT2D eigenvalue weighted by Gasteiger charge is 2.07. The lowest BCUT2D eigenvalue weighted by Gasteiger charge is -1.95. The minimum absolute atomic E-state index is 0.559. The van der Waals surface area contributed by atoms with Crippen molar-refractivity contribution in [3.8, 4) is 11.8 Å². The van der Waals surface area contributed by atoms with Crippen LogP contribution in [0.15, 0.2) is 22.6 Å². The van der Waals surface area contributed by atoms with E-state index in [0.29, 0.717) is 11.1 Å². The van der Waals surface area contributed by atoms with Crippen LogP contribution in [0.2, 0.25) is 0 Å². The van der Waals surface area contributed by atoms with Crippen LogP contribution in [-0.4, -0.2) is 18.3 Å². The fraction of sp³-hybridized carbons (Fsp3) is 0.214. The molecule has 2 nitrogen and oxygen atoms in total. The van der Waals surface area contributed by atoms with Gasteiger partial charge in [-0.1, -0.05) is 11.8 Å². The second-order valence-electron chi connectivity index (χ2n) is 3.69. The molecule has 0 aliphatic carbocycles. The Hall–Kier alpha value is -1.66. The molecule has 86 valence electrons. The molecule has 0 radical (unpaired) electrons. The zero-order chi connectivity index (χ0) is 12.3. The molecule has 0 atom stereocenters. The summed E-state index contributed by atoms with van der Waals surface area (Å²) in [6.07, 6.45) is 2.82. The molecule has 0 fully saturated rings. The van der Waals surface area contributed by atoms with Crippen LogP contribution in [0.4, 0.5) is 0 Å². The van der Waals surface area contributed by atoms with Crippen LogP contribution in [0.3, 0.4) is 0 Å².